The first-order chi connectivity index (χ1) is 13.4. The van der Waals surface area contributed by atoms with E-state index in [4.69, 9.17) is 14.5 Å². The Kier molecular flexibility index (Phi) is 4.66. The summed E-state index contributed by atoms with van der Waals surface area (Å²) in [7, 11) is 5.43. The van der Waals surface area contributed by atoms with Crippen LogP contribution >= 0.6 is 0 Å². The van der Waals surface area contributed by atoms with E-state index in [2.05, 4.69) is 5.10 Å². The van der Waals surface area contributed by atoms with Gasteiger partial charge in [-0.1, -0.05) is 0 Å². The molecule has 1 aliphatic rings. The van der Waals surface area contributed by atoms with Crippen LogP contribution in [0.1, 0.15) is 30.3 Å². The van der Waals surface area contributed by atoms with Gasteiger partial charge in [0.25, 0.3) is 0 Å². The van der Waals surface area contributed by atoms with Crippen LogP contribution in [0.4, 0.5) is 4.79 Å². The molecule has 4 rings (SSSR count). The standard InChI is InChI=1S/C19H25N7O2/c1-13-7-8-15(28-13)17-21-18(26(22-17)16-9-10-20-24(16)4)14-6-5-11-25(12-14)19(27)23(2)3/h7-10,14H,5-6,11-12H2,1-4H3. The third-order valence-electron chi connectivity index (χ3n) is 5.04. The number of rotatable bonds is 3. The number of carbonyl (C=O) groups is 1. The number of hydrogen-bond donors (Lipinski definition) is 0. The Labute approximate surface area is 163 Å². The van der Waals surface area contributed by atoms with Crippen LogP contribution in [0.3, 0.4) is 0 Å². The van der Waals surface area contributed by atoms with Crippen LogP contribution in [0.5, 0.6) is 0 Å². The van der Waals surface area contributed by atoms with E-state index in [0.29, 0.717) is 18.1 Å². The van der Waals surface area contributed by atoms with Gasteiger partial charge in [-0.2, -0.15) is 9.78 Å². The van der Waals surface area contributed by atoms with Crippen molar-refractivity contribution in [3.8, 4) is 17.4 Å². The molecule has 0 spiro atoms. The fourth-order valence-corrected chi connectivity index (χ4v) is 3.64. The largest absolute Gasteiger partial charge is 0.458 e. The Bertz CT molecular complexity index is 984. The topological polar surface area (TPSA) is 85.2 Å². The lowest BCUT2D eigenvalue weighted by molar-refractivity contribution is 0.153. The molecule has 28 heavy (non-hydrogen) atoms. The van der Waals surface area contributed by atoms with Crippen LogP contribution < -0.4 is 0 Å². The molecular formula is C19H25N7O2. The van der Waals surface area contributed by atoms with E-state index in [1.54, 1.807) is 29.9 Å². The maximum atomic E-state index is 12.5. The highest BCUT2D eigenvalue weighted by Gasteiger charge is 2.31. The molecule has 0 aromatic carbocycles. The summed E-state index contributed by atoms with van der Waals surface area (Å²) in [5.74, 6) is 3.73. The normalized spacial score (nSPS) is 17.1. The van der Waals surface area contributed by atoms with Crippen molar-refractivity contribution in [2.24, 2.45) is 7.05 Å². The molecule has 0 saturated carbocycles. The summed E-state index contributed by atoms with van der Waals surface area (Å²) < 4.78 is 9.32. The molecule has 0 bridgehead atoms. The summed E-state index contributed by atoms with van der Waals surface area (Å²) in [4.78, 5) is 20.8. The number of likely N-dealkylation sites (tertiary alicyclic amines) is 1. The van der Waals surface area contributed by atoms with E-state index in [0.717, 1.165) is 36.8 Å². The number of carbonyl (C=O) groups excluding carboxylic acids is 1. The highest BCUT2D eigenvalue weighted by molar-refractivity contribution is 5.74. The number of nitrogens with zero attached hydrogens (tertiary/aromatic N) is 7. The van der Waals surface area contributed by atoms with E-state index in [-0.39, 0.29) is 11.9 Å². The van der Waals surface area contributed by atoms with Crippen LogP contribution in [0.25, 0.3) is 17.4 Å². The number of aryl methyl sites for hydroxylation is 2. The first kappa shape index (κ1) is 18.3. The molecule has 1 saturated heterocycles. The molecule has 3 aromatic rings. The van der Waals surface area contributed by atoms with Gasteiger partial charge in [-0.3, -0.25) is 4.68 Å². The zero-order chi connectivity index (χ0) is 19.8. The van der Waals surface area contributed by atoms with E-state index >= 15 is 0 Å². The molecule has 0 radical (unpaired) electrons. The van der Waals surface area contributed by atoms with Gasteiger partial charge in [0.15, 0.2) is 11.6 Å². The molecule has 1 unspecified atom stereocenters. The highest BCUT2D eigenvalue weighted by Crippen LogP contribution is 2.30. The first-order valence-electron chi connectivity index (χ1n) is 9.42. The van der Waals surface area contributed by atoms with Crippen molar-refractivity contribution in [3.05, 3.63) is 36.0 Å². The van der Waals surface area contributed by atoms with E-state index in [1.165, 1.54) is 0 Å². The Balaban J connectivity index is 1.73. The maximum Gasteiger partial charge on any atom is 0.319 e. The number of hydrogen-bond acceptors (Lipinski definition) is 5. The van der Waals surface area contributed by atoms with Crippen molar-refractivity contribution in [2.45, 2.75) is 25.7 Å². The van der Waals surface area contributed by atoms with Crippen LogP contribution in [0.2, 0.25) is 0 Å². The third kappa shape index (κ3) is 3.28. The lowest BCUT2D eigenvalue weighted by Crippen LogP contribution is -2.44. The Morgan fingerprint density at radius 3 is 2.75 bits per heavy atom. The quantitative estimate of drug-likeness (QED) is 0.693. The van der Waals surface area contributed by atoms with Gasteiger partial charge in [0.2, 0.25) is 5.82 Å². The van der Waals surface area contributed by atoms with Crippen molar-refractivity contribution in [2.75, 3.05) is 27.2 Å². The summed E-state index contributed by atoms with van der Waals surface area (Å²) in [6.45, 7) is 3.27. The molecule has 1 atom stereocenters. The van der Waals surface area contributed by atoms with E-state index in [1.807, 2.05) is 41.8 Å². The Morgan fingerprint density at radius 2 is 2.11 bits per heavy atom. The van der Waals surface area contributed by atoms with Gasteiger partial charge >= 0.3 is 6.03 Å². The fourth-order valence-electron chi connectivity index (χ4n) is 3.64. The highest BCUT2D eigenvalue weighted by atomic mass is 16.3. The van der Waals surface area contributed by atoms with Crippen molar-refractivity contribution >= 4 is 6.03 Å². The lowest BCUT2D eigenvalue weighted by Gasteiger charge is -2.33. The van der Waals surface area contributed by atoms with Crippen molar-refractivity contribution in [1.29, 1.82) is 0 Å². The van der Waals surface area contributed by atoms with Crippen LogP contribution in [-0.2, 0) is 7.05 Å². The van der Waals surface area contributed by atoms with Gasteiger partial charge in [0, 0.05) is 46.2 Å². The number of aromatic nitrogens is 5. The van der Waals surface area contributed by atoms with Gasteiger partial charge in [-0.25, -0.2) is 9.78 Å². The van der Waals surface area contributed by atoms with Crippen molar-refractivity contribution in [3.63, 3.8) is 0 Å². The molecule has 0 N–H and O–H groups in total. The molecule has 0 aliphatic carbocycles. The number of amides is 2. The van der Waals surface area contributed by atoms with Gasteiger partial charge in [-0.05, 0) is 31.9 Å². The summed E-state index contributed by atoms with van der Waals surface area (Å²) in [6.07, 6.45) is 3.61. The summed E-state index contributed by atoms with van der Waals surface area (Å²) in [5, 5.41) is 8.98. The smallest absolute Gasteiger partial charge is 0.319 e. The summed E-state index contributed by atoms with van der Waals surface area (Å²) in [6, 6.07) is 5.71. The molecule has 3 aromatic heterocycles. The molecule has 148 valence electrons. The van der Waals surface area contributed by atoms with Crippen LogP contribution in [0.15, 0.2) is 28.8 Å². The minimum absolute atomic E-state index is 0.0261. The van der Waals surface area contributed by atoms with Gasteiger partial charge in [0.1, 0.15) is 11.6 Å². The minimum atomic E-state index is 0.0261. The fraction of sp³-hybridized carbons (Fsp3) is 0.474. The monoisotopic (exact) mass is 383 g/mol. The van der Waals surface area contributed by atoms with E-state index in [9.17, 15) is 4.79 Å². The van der Waals surface area contributed by atoms with Crippen molar-refractivity contribution in [1.82, 2.24) is 34.3 Å². The molecular weight excluding hydrogens is 358 g/mol. The molecule has 1 fully saturated rings. The van der Waals surface area contributed by atoms with Crippen LogP contribution in [0, 0.1) is 6.92 Å². The second-order valence-electron chi connectivity index (χ2n) is 7.39. The van der Waals surface area contributed by atoms with Gasteiger partial charge in [0.05, 0.1) is 6.20 Å². The molecule has 1 aliphatic heterocycles. The second-order valence-corrected chi connectivity index (χ2v) is 7.39. The molecule has 9 nitrogen and oxygen atoms in total. The molecule has 9 heteroatoms. The van der Waals surface area contributed by atoms with E-state index < -0.39 is 0 Å². The van der Waals surface area contributed by atoms with Gasteiger partial charge in [-0.15, -0.1) is 5.10 Å². The Morgan fingerprint density at radius 1 is 1.29 bits per heavy atom. The number of furan rings is 1. The molecule has 2 amide bonds. The zero-order valence-electron chi connectivity index (χ0n) is 16.7. The van der Waals surface area contributed by atoms with Gasteiger partial charge < -0.3 is 14.2 Å². The Hall–Kier alpha value is -3.10. The second kappa shape index (κ2) is 7.14. The minimum Gasteiger partial charge on any atom is -0.458 e. The molecule has 4 heterocycles. The predicted octanol–water partition coefficient (Wildman–Crippen LogP) is 2.43. The number of urea groups is 1. The maximum absolute atomic E-state index is 12.5. The summed E-state index contributed by atoms with van der Waals surface area (Å²) >= 11 is 0. The average molecular weight is 383 g/mol. The lowest BCUT2D eigenvalue weighted by atomic mass is 9.97. The first-order valence-corrected chi connectivity index (χ1v) is 9.42. The zero-order valence-corrected chi connectivity index (χ0v) is 16.7. The number of piperidine rings is 1. The predicted molar refractivity (Wildman–Crippen MR) is 103 cm³/mol. The van der Waals surface area contributed by atoms with Crippen molar-refractivity contribution < 1.29 is 9.21 Å². The third-order valence-corrected chi connectivity index (χ3v) is 5.04. The van der Waals surface area contributed by atoms with Crippen LogP contribution in [-0.4, -0.2) is 67.6 Å². The SMILES string of the molecule is Cc1ccc(-c2nc(C3CCCN(C(=O)N(C)C)C3)n(-c3ccnn3C)n2)o1. The average Bonchev–Trinajstić information content (AvgIpc) is 3.40. The summed E-state index contributed by atoms with van der Waals surface area (Å²) in [5.41, 5.74) is 0.